The fourth-order valence-electron chi connectivity index (χ4n) is 1.32. The Morgan fingerprint density at radius 1 is 0.812 bits per heavy atom. The fraction of sp³-hybridized carbons (Fsp3) is 0. The molecule has 0 fully saturated rings. The molecule has 0 saturated carbocycles. The average Bonchev–Trinajstić information content (AvgIpc) is 2.22. The lowest BCUT2D eigenvalue weighted by Crippen LogP contribution is -1.85. The first kappa shape index (κ1) is 12.0. The molecule has 2 rings (SSSR count). The Bertz CT molecular complexity index is 540. The third-order valence-electron chi connectivity index (χ3n) is 2.03. The number of benzene rings is 1. The highest BCUT2D eigenvalue weighted by molar-refractivity contribution is 6.38. The van der Waals surface area contributed by atoms with Crippen molar-refractivity contribution in [3.63, 3.8) is 0 Å². The van der Waals surface area contributed by atoms with Gasteiger partial charge in [-0.1, -0.05) is 52.5 Å². The molecule has 1 aromatic heterocycles. The van der Waals surface area contributed by atoms with E-state index in [1.165, 1.54) is 6.20 Å². The molecule has 0 saturated heterocycles. The summed E-state index contributed by atoms with van der Waals surface area (Å²) in [5.41, 5.74) is 1.45. The molecule has 0 spiro atoms. The molecule has 1 aromatic carbocycles. The number of halogens is 4. The molecule has 0 radical (unpaired) electrons. The summed E-state index contributed by atoms with van der Waals surface area (Å²) in [5.74, 6) is 0. The lowest BCUT2D eigenvalue weighted by atomic mass is 10.1. The van der Waals surface area contributed by atoms with E-state index in [0.29, 0.717) is 25.8 Å². The Labute approximate surface area is 113 Å². The van der Waals surface area contributed by atoms with Crippen LogP contribution in [0.5, 0.6) is 0 Å². The van der Waals surface area contributed by atoms with Gasteiger partial charge in [0.15, 0.2) is 0 Å². The number of nitrogens with zero attached hydrogens (tertiary/aromatic N) is 1. The van der Waals surface area contributed by atoms with Crippen LogP contribution >= 0.6 is 46.4 Å². The van der Waals surface area contributed by atoms with Crippen molar-refractivity contribution < 1.29 is 0 Å². The molecule has 0 aliphatic heterocycles. The van der Waals surface area contributed by atoms with Crippen LogP contribution in [0.2, 0.25) is 20.2 Å². The molecule has 0 N–H and O–H groups in total. The van der Waals surface area contributed by atoms with E-state index in [2.05, 4.69) is 4.98 Å². The van der Waals surface area contributed by atoms with Crippen LogP contribution in [0, 0.1) is 0 Å². The van der Waals surface area contributed by atoms with Crippen LogP contribution < -0.4 is 0 Å². The summed E-state index contributed by atoms with van der Waals surface area (Å²) >= 11 is 23.7. The molecule has 16 heavy (non-hydrogen) atoms. The summed E-state index contributed by atoms with van der Waals surface area (Å²) in [6.07, 6.45) is 1.48. The maximum absolute atomic E-state index is 6.07. The quantitative estimate of drug-likeness (QED) is 0.645. The fourth-order valence-corrected chi connectivity index (χ4v) is 2.19. The minimum absolute atomic E-state index is 0.355. The number of hydrogen-bond acceptors (Lipinski definition) is 1. The van der Waals surface area contributed by atoms with Crippen LogP contribution in [-0.4, -0.2) is 4.98 Å². The summed E-state index contributed by atoms with van der Waals surface area (Å²) in [6, 6.07) is 6.88. The average molecular weight is 293 g/mol. The van der Waals surface area contributed by atoms with E-state index in [4.69, 9.17) is 46.4 Å². The van der Waals surface area contributed by atoms with Gasteiger partial charge in [-0.05, 0) is 18.2 Å². The van der Waals surface area contributed by atoms with Crippen LogP contribution in [0.4, 0.5) is 0 Å². The predicted octanol–water partition coefficient (Wildman–Crippen LogP) is 5.36. The molecular weight excluding hydrogens is 288 g/mol. The third-order valence-corrected chi connectivity index (χ3v) is 3.08. The van der Waals surface area contributed by atoms with Crippen LogP contribution in [-0.2, 0) is 0 Å². The van der Waals surface area contributed by atoms with Gasteiger partial charge in [-0.25, -0.2) is 4.98 Å². The van der Waals surface area contributed by atoms with Crippen molar-refractivity contribution in [2.75, 3.05) is 0 Å². The van der Waals surface area contributed by atoms with Gasteiger partial charge in [-0.2, -0.15) is 0 Å². The second-order valence-corrected chi connectivity index (χ2v) is 4.75. The van der Waals surface area contributed by atoms with Crippen molar-refractivity contribution >= 4 is 46.4 Å². The molecule has 82 valence electrons. The number of rotatable bonds is 1. The van der Waals surface area contributed by atoms with Crippen LogP contribution in [0.15, 0.2) is 30.5 Å². The van der Waals surface area contributed by atoms with Crippen molar-refractivity contribution in [1.82, 2.24) is 4.98 Å². The monoisotopic (exact) mass is 291 g/mol. The SMILES string of the molecule is Clc1ccc(-c2cc(Cl)cnc2Cl)c(Cl)c1. The third kappa shape index (κ3) is 2.44. The minimum Gasteiger partial charge on any atom is -0.242 e. The van der Waals surface area contributed by atoms with Crippen molar-refractivity contribution in [2.45, 2.75) is 0 Å². The molecule has 0 atom stereocenters. The normalized spacial score (nSPS) is 10.5. The van der Waals surface area contributed by atoms with Crippen molar-refractivity contribution in [3.8, 4) is 11.1 Å². The van der Waals surface area contributed by atoms with Crippen molar-refractivity contribution in [2.24, 2.45) is 0 Å². The smallest absolute Gasteiger partial charge is 0.136 e. The Morgan fingerprint density at radius 2 is 1.56 bits per heavy atom. The van der Waals surface area contributed by atoms with E-state index in [-0.39, 0.29) is 0 Å². The standard InChI is InChI=1S/C11H5Cl4N/c12-6-1-2-8(10(14)4-6)9-3-7(13)5-16-11(9)15/h1-5H. The highest BCUT2D eigenvalue weighted by Crippen LogP contribution is 2.34. The molecule has 0 bridgehead atoms. The van der Waals surface area contributed by atoms with Crippen LogP contribution in [0.1, 0.15) is 0 Å². The van der Waals surface area contributed by atoms with Gasteiger partial charge in [0.05, 0.1) is 5.02 Å². The maximum Gasteiger partial charge on any atom is 0.136 e. The lowest BCUT2D eigenvalue weighted by Gasteiger charge is -2.06. The zero-order valence-electron chi connectivity index (χ0n) is 7.85. The van der Waals surface area contributed by atoms with Crippen molar-refractivity contribution in [1.29, 1.82) is 0 Å². The minimum atomic E-state index is 0.355. The first-order valence-corrected chi connectivity index (χ1v) is 5.85. The summed E-state index contributed by atoms with van der Waals surface area (Å²) < 4.78 is 0. The number of aromatic nitrogens is 1. The Balaban J connectivity index is 2.62. The van der Waals surface area contributed by atoms with Crippen LogP contribution in [0.25, 0.3) is 11.1 Å². The summed E-state index contributed by atoms with van der Waals surface area (Å²) in [7, 11) is 0. The van der Waals surface area contributed by atoms with E-state index in [1.54, 1.807) is 24.3 Å². The second kappa shape index (κ2) is 4.80. The molecule has 1 heterocycles. The van der Waals surface area contributed by atoms with Gasteiger partial charge in [0, 0.05) is 27.4 Å². The maximum atomic E-state index is 6.07. The Morgan fingerprint density at radius 3 is 2.25 bits per heavy atom. The van der Waals surface area contributed by atoms with Crippen molar-refractivity contribution in [3.05, 3.63) is 50.7 Å². The first-order chi connectivity index (χ1) is 7.58. The summed E-state index contributed by atoms with van der Waals surface area (Å²) in [4.78, 5) is 3.96. The number of pyridine rings is 1. The largest absolute Gasteiger partial charge is 0.242 e. The Kier molecular flexibility index (Phi) is 3.60. The zero-order chi connectivity index (χ0) is 11.7. The van der Waals surface area contributed by atoms with E-state index in [0.717, 1.165) is 5.56 Å². The predicted molar refractivity (Wildman–Crippen MR) is 69.7 cm³/mol. The highest BCUT2D eigenvalue weighted by Gasteiger charge is 2.09. The van der Waals surface area contributed by atoms with Crippen LogP contribution in [0.3, 0.4) is 0 Å². The van der Waals surface area contributed by atoms with Gasteiger partial charge >= 0.3 is 0 Å². The first-order valence-electron chi connectivity index (χ1n) is 4.34. The van der Waals surface area contributed by atoms with Gasteiger partial charge in [-0.3, -0.25) is 0 Å². The second-order valence-electron chi connectivity index (χ2n) is 3.12. The molecule has 1 nitrogen and oxygen atoms in total. The van der Waals surface area contributed by atoms with E-state index < -0.39 is 0 Å². The molecular formula is C11H5Cl4N. The van der Waals surface area contributed by atoms with E-state index in [9.17, 15) is 0 Å². The molecule has 2 aromatic rings. The summed E-state index contributed by atoms with van der Waals surface area (Å²) in [6.45, 7) is 0. The van der Waals surface area contributed by atoms with Gasteiger partial charge in [0.25, 0.3) is 0 Å². The van der Waals surface area contributed by atoms with E-state index in [1.807, 2.05) is 0 Å². The molecule has 0 unspecified atom stereocenters. The molecule has 5 heteroatoms. The summed E-state index contributed by atoms with van der Waals surface area (Å²) in [5, 5.41) is 1.94. The van der Waals surface area contributed by atoms with Gasteiger partial charge < -0.3 is 0 Å². The van der Waals surface area contributed by atoms with E-state index >= 15 is 0 Å². The molecule has 0 amide bonds. The zero-order valence-corrected chi connectivity index (χ0v) is 10.9. The van der Waals surface area contributed by atoms with Gasteiger partial charge in [-0.15, -0.1) is 0 Å². The van der Waals surface area contributed by atoms with Gasteiger partial charge in [0.1, 0.15) is 5.15 Å². The topological polar surface area (TPSA) is 12.9 Å². The molecule has 0 aliphatic rings. The lowest BCUT2D eigenvalue weighted by molar-refractivity contribution is 1.33. The highest BCUT2D eigenvalue weighted by atomic mass is 35.5. The Hall–Kier alpha value is -0.470. The number of hydrogen-bond donors (Lipinski definition) is 0. The van der Waals surface area contributed by atoms with Gasteiger partial charge in [0.2, 0.25) is 0 Å². The molecule has 0 aliphatic carbocycles.